The molecule has 1 atom stereocenters. The molecule has 0 radical (unpaired) electrons. The lowest BCUT2D eigenvalue weighted by Crippen LogP contribution is -2.42. The molecule has 0 spiro atoms. The second-order valence-corrected chi connectivity index (χ2v) is 9.36. The zero-order valence-corrected chi connectivity index (χ0v) is 17.4. The number of H-pyrrole nitrogens is 1. The number of aryl methyl sites for hydroxylation is 2. The Balaban J connectivity index is 1.57. The second-order valence-electron chi connectivity index (χ2n) is 8.24. The van der Waals surface area contributed by atoms with Crippen LogP contribution < -0.4 is 0 Å². The number of nitrogens with zero attached hydrogens (tertiary/aromatic N) is 4. The number of pyridine rings is 1. The Kier molecular flexibility index (Phi) is 5.05. The molecule has 1 aliphatic heterocycles. The summed E-state index contributed by atoms with van der Waals surface area (Å²) in [4.78, 5) is 11.3. The van der Waals surface area contributed by atoms with Crippen molar-refractivity contribution in [1.29, 1.82) is 0 Å². The molecule has 4 rings (SSSR count). The van der Waals surface area contributed by atoms with Gasteiger partial charge in [0.05, 0.1) is 0 Å². The highest BCUT2D eigenvalue weighted by Crippen LogP contribution is 2.42. The summed E-state index contributed by atoms with van der Waals surface area (Å²) >= 11 is 1.24. The number of rotatable bonds is 6. The zero-order valence-electron chi connectivity index (χ0n) is 16.6. The molecule has 7 heteroatoms. The fourth-order valence-electron chi connectivity index (χ4n) is 4.19. The van der Waals surface area contributed by atoms with Crippen molar-refractivity contribution >= 4 is 11.3 Å². The molecular formula is C21H26FN5S. The van der Waals surface area contributed by atoms with Gasteiger partial charge in [0.1, 0.15) is 12.2 Å². The van der Waals surface area contributed by atoms with Gasteiger partial charge in [-0.3, -0.25) is 9.88 Å². The fourth-order valence-corrected chi connectivity index (χ4v) is 4.92. The fraction of sp³-hybridized carbons (Fsp3) is 0.476. The predicted octanol–water partition coefficient (Wildman–Crippen LogP) is 4.22. The molecule has 0 amide bonds. The largest absolute Gasteiger partial charge is 0.331 e. The van der Waals surface area contributed by atoms with Gasteiger partial charge < -0.3 is 4.98 Å². The second kappa shape index (κ2) is 7.37. The number of aromatic nitrogens is 4. The van der Waals surface area contributed by atoms with Crippen LogP contribution in [0.3, 0.4) is 0 Å². The topological polar surface area (TPSA) is 57.7 Å². The van der Waals surface area contributed by atoms with Crippen LogP contribution in [-0.4, -0.2) is 38.2 Å². The lowest BCUT2D eigenvalue weighted by molar-refractivity contribution is 0.141. The van der Waals surface area contributed by atoms with Gasteiger partial charge in [0.2, 0.25) is 0 Å². The molecule has 0 saturated carbocycles. The van der Waals surface area contributed by atoms with Crippen molar-refractivity contribution in [1.82, 2.24) is 25.1 Å². The monoisotopic (exact) mass is 399 g/mol. The smallest absolute Gasteiger partial charge is 0.176 e. The molecule has 1 unspecified atom stereocenters. The highest BCUT2D eigenvalue weighted by Gasteiger charge is 2.46. The SMILES string of the molecule is Cc1ccc(C(C)(C)N2CCC(CCc3ccc(F)s3)(c3nnc[nH]3)C2)cn1. The van der Waals surface area contributed by atoms with Crippen molar-refractivity contribution in [2.24, 2.45) is 0 Å². The van der Waals surface area contributed by atoms with Gasteiger partial charge in [0.15, 0.2) is 5.13 Å². The van der Waals surface area contributed by atoms with Crippen LogP contribution in [0.25, 0.3) is 0 Å². The van der Waals surface area contributed by atoms with Gasteiger partial charge >= 0.3 is 0 Å². The van der Waals surface area contributed by atoms with E-state index in [9.17, 15) is 4.39 Å². The molecule has 1 aliphatic rings. The molecule has 0 bridgehead atoms. The van der Waals surface area contributed by atoms with E-state index in [1.54, 1.807) is 12.4 Å². The number of thiophene rings is 1. The molecule has 1 fully saturated rings. The van der Waals surface area contributed by atoms with E-state index in [4.69, 9.17) is 0 Å². The standard InChI is InChI=1S/C21H26FN5S/c1-15-4-5-16(12-23-15)20(2,3)27-11-10-21(13-27,19-24-14-25-26-19)9-8-17-6-7-18(22)28-17/h4-7,12,14H,8-11,13H2,1-3H3,(H,24,25,26). The Morgan fingerprint density at radius 3 is 2.79 bits per heavy atom. The Bertz CT molecular complexity index is 919. The Morgan fingerprint density at radius 1 is 1.29 bits per heavy atom. The summed E-state index contributed by atoms with van der Waals surface area (Å²) in [6.07, 6.45) is 6.40. The van der Waals surface area contributed by atoms with Crippen LogP contribution in [0.1, 0.15) is 48.6 Å². The van der Waals surface area contributed by atoms with Crippen molar-refractivity contribution in [3.05, 3.63) is 63.9 Å². The third kappa shape index (κ3) is 3.61. The minimum Gasteiger partial charge on any atom is -0.331 e. The molecule has 28 heavy (non-hydrogen) atoms. The maximum atomic E-state index is 13.4. The molecule has 3 aromatic heterocycles. The van der Waals surface area contributed by atoms with E-state index in [-0.39, 0.29) is 16.1 Å². The summed E-state index contributed by atoms with van der Waals surface area (Å²) in [5.74, 6) is 0.935. The average Bonchev–Trinajstić information content (AvgIpc) is 3.42. The predicted molar refractivity (Wildman–Crippen MR) is 109 cm³/mol. The highest BCUT2D eigenvalue weighted by atomic mass is 32.1. The molecule has 148 valence electrons. The van der Waals surface area contributed by atoms with Crippen LogP contribution in [0, 0.1) is 12.1 Å². The van der Waals surface area contributed by atoms with E-state index < -0.39 is 0 Å². The third-order valence-corrected chi connectivity index (χ3v) is 7.09. The Labute approximate surface area is 169 Å². The third-order valence-electron chi connectivity index (χ3n) is 6.16. The normalized spacial score (nSPS) is 20.7. The van der Waals surface area contributed by atoms with E-state index in [2.05, 4.69) is 51.0 Å². The molecule has 5 nitrogen and oxygen atoms in total. The minimum atomic E-state index is -0.127. The van der Waals surface area contributed by atoms with Crippen LogP contribution in [0.2, 0.25) is 0 Å². The van der Waals surface area contributed by atoms with Gasteiger partial charge in [-0.05, 0) is 63.8 Å². The molecular weight excluding hydrogens is 373 g/mol. The molecule has 0 aromatic carbocycles. The van der Waals surface area contributed by atoms with Crippen LogP contribution in [0.4, 0.5) is 4.39 Å². The van der Waals surface area contributed by atoms with Gasteiger partial charge in [-0.1, -0.05) is 6.07 Å². The number of aromatic amines is 1. The number of hydrogen-bond donors (Lipinski definition) is 1. The van der Waals surface area contributed by atoms with Gasteiger partial charge in [-0.25, -0.2) is 0 Å². The lowest BCUT2D eigenvalue weighted by Gasteiger charge is -2.37. The summed E-state index contributed by atoms with van der Waals surface area (Å²) < 4.78 is 13.4. The average molecular weight is 400 g/mol. The summed E-state index contributed by atoms with van der Waals surface area (Å²) in [5, 5.41) is 8.29. The van der Waals surface area contributed by atoms with Crippen molar-refractivity contribution in [3.63, 3.8) is 0 Å². The molecule has 1 N–H and O–H groups in total. The first-order chi connectivity index (χ1) is 13.4. The first-order valence-corrected chi connectivity index (χ1v) is 10.5. The maximum Gasteiger partial charge on any atom is 0.176 e. The van der Waals surface area contributed by atoms with Crippen molar-refractivity contribution in [2.75, 3.05) is 13.1 Å². The van der Waals surface area contributed by atoms with E-state index in [1.165, 1.54) is 16.9 Å². The highest BCUT2D eigenvalue weighted by molar-refractivity contribution is 7.10. The zero-order chi connectivity index (χ0) is 19.8. The molecule has 4 heterocycles. The van der Waals surface area contributed by atoms with E-state index in [0.29, 0.717) is 0 Å². The number of nitrogens with one attached hydrogen (secondary N) is 1. The summed E-state index contributed by atoms with van der Waals surface area (Å²) in [5.41, 5.74) is 2.01. The first-order valence-electron chi connectivity index (χ1n) is 9.68. The van der Waals surface area contributed by atoms with Gasteiger partial charge in [-0.15, -0.1) is 21.5 Å². The maximum absolute atomic E-state index is 13.4. The van der Waals surface area contributed by atoms with E-state index >= 15 is 0 Å². The van der Waals surface area contributed by atoms with Crippen LogP contribution in [0.5, 0.6) is 0 Å². The van der Waals surface area contributed by atoms with Gasteiger partial charge in [-0.2, -0.15) is 4.39 Å². The summed E-state index contributed by atoms with van der Waals surface area (Å²) in [6, 6.07) is 7.69. The van der Waals surface area contributed by atoms with Crippen molar-refractivity contribution in [2.45, 2.75) is 51.0 Å². The number of halogens is 1. The molecule has 3 aromatic rings. The summed E-state index contributed by atoms with van der Waals surface area (Å²) in [7, 11) is 0. The van der Waals surface area contributed by atoms with E-state index in [0.717, 1.165) is 48.7 Å². The number of likely N-dealkylation sites (tertiary alicyclic amines) is 1. The Hall–Kier alpha value is -2.12. The summed E-state index contributed by atoms with van der Waals surface area (Å²) in [6.45, 7) is 8.38. The van der Waals surface area contributed by atoms with Crippen LogP contribution in [0.15, 0.2) is 36.8 Å². The Morgan fingerprint density at radius 2 is 2.14 bits per heavy atom. The van der Waals surface area contributed by atoms with Crippen molar-refractivity contribution in [3.8, 4) is 0 Å². The van der Waals surface area contributed by atoms with Crippen molar-refractivity contribution < 1.29 is 4.39 Å². The minimum absolute atomic E-state index is 0.105. The first kappa shape index (κ1) is 19.2. The van der Waals surface area contributed by atoms with Crippen LogP contribution in [-0.2, 0) is 17.4 Å². The quantitative estimate of drug-likeness (QED) is 0.674. The number of hydrogen-bond acceptors (Lipinski definition) is 5. The molecule has 0 aliphatic carbocycles. The van der Waals surface area contributed by atoms with Gasteiger partial charge in [0.25, 0.3) is 0 Å². The lowest BCUT2D eigenvalue weighted by atomic mass is 9.81. The van der Waals surface area contributed by atoms with E-state index in [1.807, 2.05) is 19.2 Å². The van der Waals surface area contributed by atoms with Gasteiger partial charge in [0, 0.05) is 40.8 Å². The van der Waals surface area contributed by atoms with Crippen LogP contribution >= 0.6 is 11.3 Å². The molecule has 1 saturated heterocycles.